The smallest absolute Gasteiger partial charge is 0.331 e. The average Bonchev–Trinajstić information content (AvgIpc) is 2.59. The van der Waals surface area contributed by atoms with Gasteiger partial charge < -0.3 is 10.1 Å². The van der Waals surface area contributed by atoms with Gasteiger partial charge in [-0.05, 0) is 44.0 Å². The number of hydrogen-bond acceptors (Lipinski definition) is 3. The number of anilines is 1. The quantitative estimate of drug-likeness (QED) is 0.469. The molecule has 0 bridgehead atoms. The van der Waals surface area contributed by atoms with Gasteiger partial charge in [-0.25, -0.2) is 4.79 Å². The number of aryl methyl sites for hydroxylation is 2. The molecule has 0 aliphatic rings. The first kappa shape index (κ1) is 19.2. The summed E-state index contributed by atoms with van der Waals surface area (Å²) in [5.41, 5.74) is 3.38. The molecule has 0 radical (unpaired) electrons. The van der Waals surface area contributed by atoms with E-state index in [0.717, 1.165) is 11.1 Å². The van der Waals surface area contributed by atoms with Crippen molar-refractivity contribution in [2.24, 2.45) is 0 Å². The summed E-state index contributed by atoms with van der Waals surface area (Å²) in [7, 11) is 0. The molecule has 1 unspecified atom stereocenters. The van der Waals surface area contributed by atoms with Crippen molar-refractivity contribution in [2.75, 3.05) is 5.32 Å². The fourth-order valence-electron chi connectivity index (χ4n) is 2.56. The van der Waals surface area contributed by atoms with Crippen molar-refractivity contribution < 1.29 is 14.3 Å². The lowest BCUT2D eigenvalue weighted by Crippen LogP contribution is -2.25. The maximum absolute atomic E-state index is 12.8. The van der Waals surface area contributed by atoms with E-state index in [1.165, 1.54) is 6.08 Å². The number of amides is 1. The van der Waals surface area contributed by atoms with E-state index in [2.05, 4.69) is 5.32 Å². The molecule has 0 aliphatic heterocycles. The largest absolute Gasteiger partial charge is 0.444 e. The van der Waals surface area contributed by atoms with E-state index in [1.807, 2.05) is 45.0 Å². The first-order valence-electron chi connectivity index (χ1n) is 8.43. The number of ether oxygens (including phenoxy) is 1. The van der Waals surface area contributed by atoms with E-state index < -0.39 is 18.0 Å². The van der Waals surface area contributed by atoms with Gasteiger partial charge in [-0.1, -0.05) is 54.6 Å². The lowest BCUT2D eigenvalue weighted by Gasteiger charge is -2.17. The molecule has 4 heteroatoms. The van der Waals surface area contributed by atoms with Gasteiger partial charge in [-0.2, -0.15) is 0 Å². The summed E-state index contributed by atoms with van der Waals surface area (Å²) < 4.78 is 5.41. The van der Waals surface area contributed by atoms with Gasteiger partial charge in [0.15, 0.2) is 0 Å². The van der Waals surface area contributed by atoms with Crippen molar-refractivity contribution in [3.8, 4) is 0 Å². The fourth-order valence-corrected chi connectivity index (χ4v) is 2.56. The van der Waals surface area contributed by atoms with Crippen LogP contribution in [0.15, 0.2) is 72.8 Å². The lowest BCUT2D eigenvalue weighted by molar-refractivity contribution is -0.149. The molecule has 2 rings (SSSR count). The van der Waals surface area contributed by atoms with E-state index in [1.54, 1.807) is 42.5 Å². The average molecular weight is 349 g/mol. The summed E-state index contributed by atoms with van der Waals surface area (Å²) in [6.45, 7) is 5.77. The number of benzene rings is 2. The molecule has 0 heterocycles. The standard InChI is InChI=1S/C22H23NO3/c1-4-5-7-12-20(24)26-21(18-10-8-6-9-11-18)22(25)23-19-14-16(2)13-17(3)15-19/h4-15,21H,1-3H3,(H,23,25)/b5-4+,12-7+. The zero-order valence-corrected chi connectivity index (χ0v) is 15.2. The second kappa shape index (κ2) is 9.37. The van der Waals surface area contributed by atoms with Gasteiger partial charge in [-0.15, -0.1) is 0 Å². The molecular weight excluding hydrogens is 326 g/mol. The van der Waals surface area contributed by atoms with E-state index in [9.17, 15) is 9.59 Å². The van der Waals surface area contributed by atoms with Crippen LogP contribution in [-0.2, 0) is 14.3 Å². The summed E-state index contributed by atoms with van der Waals surface area (Å²) >= 11 is 0. The Kier molecular flexibility index (Phi) is 6.92. The normalized spacial score (nSPS) is 12.3. The molecular formula is C22H23NO3. The minimum absolute atomic E-state index is 0.394. The Morgan fingerprint density at radius 2 is 1.65 bits per heavy atom. The van der Waals surface area contributed by atoms with Crippen molar-refractivity contribution >= 4 is 17.6 Å². The summed E-state index contributed by atoms with van der Waals surface area (Å²) in [5.74, 6) is -0.971. The van der Waals surface area contributed by atoms with Gasteiger partial charge in [0, 0.05) is 17.3 Å². The third-order valence-corrected chi connectivity index (χ3v) is 3.60. The molecule has 0 spiro atoms. The third-order valence-electron chi connectivity index (χ3n) is 3.60. The molecule has 1 N–H and O–H groups in total. The SMILES string of the molecule is C/C=C/C=C/C(=O)OC(C(=O)Nc1cc(C)cc(C)c1)c1ccccc1. The molecule has 2 aromatic carbocycles. The summed E-state index contributed by atoms with van der Waals surface area (Å²) in [6.07, 6.45) is 5.35. The van der Waals surface area contributed by atoms with Crippen molar-refractivity contribution in [3.05, 3.63) is 89.5 Å². The maximum atomic E-state index is 12.8. The second-order valence-electron chi connectivity index (χ2n) is 5.98. The Morgan fingerprint density at radius 1 is 1.00 bits per heavy atom. The highest BCUT2D eigenvalue weighted by molar-refractivity contribution is 5.97. The predicted octanol–water partition coefficient (Wildman–Crippen LogP) is 4.66. The van der Waals surface area contributed by atoms with E-state index >= 15 is 0 Å². The van der Waals surface area contributed by atoms with Crippen LogP contribution >= 0.6 is 0 Å². The summed E-state index contributed by atoms with van der Waals surface area (Å²) in [6, 6.07) is 14.7. The molecule has 1 amide bonds. The number of rotatable bonds is 6. The Bertz CT molecular complexity index is 802. The fraction of sp³-hybridized carbons (Fsp3) is 0.182. The van der Waals surface area contributed by atoms with Crippen LogP contribution in [0.1, 0.15) is 29.7 Å². The van der Waals surface area contributed by atoms with E-state index in [-0.39, 0.29) is 0 Å². The predicted molar refractivity (Wildman–Crippen MR) is 104 cm³/mol. The number of esters is 1. The first-order chi connectivity index (χ1) is 12.5. The van der Waals surface area contributed by atoms with E-state index in [0.29, 0.717) is 11.3 Å². The number of carbonyl (C=O) groups is 2. The van der Waals surface area contributed by atoms with Crippen LogP contribution in [0.5, 0.6) is 0 Å². The number of allylic oxidation sites excluding steroid dienone is 3. The molecule has 26 heavy (non-hydrogen) atoms. The Hall–Kier alpha value is -3.14. The van der Waals surface area contributed by atoms with Gasteiger partial charge >= 0.3 is 5.97 Å². The highest BCUT2D eigenvalue weighted by atomic mass is 16.5. The number of nitrogens with one attached hydrogen (secondary N) is 1. The Morgan fingerprint density at radius 3 is 2.27 bits per heavy atom. The van der Waals surface area contributed by atoms with Crippen LogP contribution in [0.25, 0.3) is 0 Å². The van der Waals surface area contributed by atoms with Crippen LogP contribution in [0.2, 0.25) is 0 Å². The van der Waals surface area contributed by atoms with Crippen LogP contribution in [0, 0.1) is 13.8 Å². The monoisotopic (exact) mass is 349 g/mol. The lowest BCUT2D eigenvalue weighted by atomic mass is 10.1. The van der Waals surface area contributed by atoms with Crippen molar-refractivity contribution in [2.45, 2.75) is 26.9 Å². The number of hydrogen-bond donors (Lipinski definition) is 1. The first-order valence-corrected chi connectivity index (χ1v) is 8.43. The topological polar surface area (TPSA) is 55.4 Å². The van der Waals surface area contributed by atoms with Gasteiger partial charge in [0.1, 0.15) is 0 Å². The second-order valence-corrected chi connectivity index (χ2v) is 5.98. The van der Waals surface area contributed by atoms with E-state index in [4.69, 9.17) is 4.74 Å². The molecule has 0 fully saturated rings. The van der Waals surface area contributed by atoms with Crippen LogP contribution in [0.4, 0.5) is 5.69 Å². The van der Waals surface area contributed by atoms with Crippen molar-refractivity contribution in [1.29, 1.82) is 0 Å². The van der Waals surface area contributed by atoms with Gasteiger partial charge in [0.25, 0.3) is 5.91 Å². The molecule has 2 aromatic rings. The third kappa shape index (κ3) is 5.74. The molecule has 0 aromatic heterocycles. The van der Waals surface area contributed by atoms with Gasteiger partial charge in [0.2, 0.25) is 6.10 Å². The Balaban J connectivity index is 2.22. The minimum Gasteiger partial charge on any atom is -0.444 e. The molecule has 0 saturated carbocycles. The van der Waals surface area contributed by atoms with Gasteiger partial charge in [0.05, 0.1) is 0 Å². The van der Waals surface area contributed by atoms with Crippen molar-refractivity contribution in [1.82, 2.24) is 0 Å². The Labute approximate surface area is 154 Å². The van der Waals surface area contributed by atoms with Crippen LogP contribution in [0.3, 0.4) is 0 Å². The summed E-state index contributed by atoms with van der Waals surface area (Å²) in [5, 5.41) is 2.84. The van der Waals surface area contributed by atoms with Crippen molar-refractivity contribution in [3.63, 3.8) is 0 Å². The number of carbonyl (C=O) groups excluding carboxylic acids is 2. The zero-order valence-electron chi connectivity index (χ0n) is 15.2. The highest BCUT2D eigenvalue weighted by Gasteiger charge is 2.24. The molecule has 0 aliphatic carbocycles. The van der Waals surface area contributed by atoms with Crippen LogP contribution in [-0.4, -0.2) is 11.9 Å². The zero-order chi connectivity index (χ0) is 18.9. The van der Waals surface area contributed by atoms with Gasteiger partial charge in [-0.3, -0.25) is 4.79 Å². The highest BCUT2D eigenvalue weighted by Crippen LogP contribution is 2.21. The molecule has 1 atom stereocenters. The molecule has 134 valence electrons. The maximum Gasteiger partial charge on any atom is 0.331 e. The molecule has 4 nitrogen and oxygen atoms in total. The molecule has 0 saturated heterocycles. The van der Waals surface area contributed by atoms with Crippen LogP contribution < -0.4 is 5.32 Å². The minimum atomic E-state index is -1.03. The summed E-state index contributed by atoms with van der Waals surface area (Å²) in [4.78, 5) is 24.8.